The fraction of sp³-hybridized carbons (Fsp3) is 0.250. The molecule has 106 valence electrons. The Bertz CT molecular complexity index is 776. The lowest BCUT2D eigenvalue weighted by atomic mass is 9.78. The second-order valence-corrected chi connectivity index (χ2v) is 6.25. The number of halogens is 2. The van der Waals surface area contributed by atoms with Gasteiger partial charge in [-0.2, -0.15) is 5.10 Å². The average Bonchev–Trinajstić information content (AvgIpc) is 2.95. The number of benzene rings is 1. The fourth-order valence-electron chi connectivity index (χ4n) is 3.14. The van der Waals surface area contributed by atoms with Gasteiger partial charge in [0, 0.05) is 17.2 Å². The first-order valence-corrected chi connectivity index (χ1v) is 7.79. The van der Waals surface area contributed by atoms with Crippen LogP contribution in [0.25, 0.3) is 0 Å². The number of hydrogen-bond donors (Lipinski definition) is 1. The third-order valence-corrected chi connectivity index (χ3v) is 4.72. The molecule has 1 unspecified atom stereocenters. The second kappa shape index (κ2) is 4.91. The first-order chi connectivity index (χ1) is 10.2. The summed E-state index contributed by atoms with van der Waals surface area (Å²) in [7, 11) is 0. The van der Waals surface area contributed by atoms with E-state index in [2.05, 4.69) is 37.2 Å². The number of H-pyrrole nitrogens is 1. The van der Waals surface area contributed by atoms with Crippen LogP contribution in [0.3, 0.4) is 0 Å². The molecule has 1 aromatic carbocycles. The second-order valence-electron chi connectivity index (χ2n) is 5.39. The van der Waals surface area contributed by atoms with Gasteiger partial charge in [0.15, 0.2) is 5.82 Å². The summed E-state index contributed by atoms with van der Waals surface area (Å²) in [6, 6.07) is 5.21. The summed E-state index contributed by atoms with van der Waals surface area (Å²) in [5.74, 6) is 0.673. The van der Waals surface area contributed by atoms with Crippen molar-refractivity contribution >= 4 is 27.5 Å². The molecule has 2 aliphatic rings. The van der Waals surface area contributed by atoms with Gasteiger partial charge in [-0.25, -0.2) is 9.38 Å². The first kappa shape index (κ1) is 13.0. The van der Waals surface area contributed by atoms with Gasteiger partial charge in [-0.15, -0.1) is 0 Å². The minimum atomic E-state index is -0.242. The molecule has 0 bridgehead atoms. The van der Waals surface area contributed by atoms with Crippen LogP contribution in [-0.4, -0.2) is 15.9 Å². The summed E-state index contributed by atoms with van der Waals surface area (Å²) in [6.07, 6.45) is 7.28. The van der Waals surface area contributed by atoms with E-state index in [9.17, 15) is 4.39 Å². The maximum atomic E-state index is 13.5. The number of fused-ring (bicyclic) bond motifs is 2. The number of nitrogens with zero attached hydrogens (tertiary/aromatic N) is 2. The predicted octanol–water partition coefficient (Wildman–Crippen LogP) is 4.64. The molecule has 0 fully saturated rings. The normalized spacial score (nSPS) is 20.4. The molecule has 5 heteroatoms. The zero-order chi connectivity index (χ0) is 14.4. The third-order valence-electron chi connectivity index (χ3n) is 4.11. The number of rotatable bonds is 1. The molecule has 0 saturated heterocycles. The van der Waals surface area contributed by atoms with Crippen LogP contribution in [0.5, 0.6) is 0 Å². The summed E-state index contributed by atoms with van der Waals surface area (Å²) in [5, 5.41) is 7.10. The van der Waals surface area contributed by atoms with Gasteiger partial charge in [-0.1, -0.05) is 12.1 Å². The van der Waals surface area contributed by atoms with E-state index in [0.29, 0.717) is 4.47 Å². The highest BCUT2D eigenvalue weighted by molar-refractivity contribution is 9.10. The fourth-order valence-corrected chi connectivity index (χ4v) is 3.53. The molecule has 1 aliphatic carbocycles. The molecule has 0 saturated carbocycles. The molecule has 21 heavy (non-hydrogen) atoms. The van der Waals surface area contributed by atoms with E-state index < -0.39 is 0 Å². The Morgan fingerprint density at radius 2 is 2.24 bits per heavy atom. The molecule has 0 radical (unpaired) electrons. The molecule has 0 amide bonds. The molecular weight excluding hydrogens is 333 g/mol. The molecule has 3 nitrogen and oxygen atoms in total. The van der Waals surface area contributed by atoms with E-state index in [0.717, 1.165) is 41.9 Å². The van der Waals surface area contributed by atoms with Gasteiger partial charge in [-0.05, 0) is 58.5 Å². The van der Waals surface area contributed by atoms with E-state index in [4.69, 9.17) is 0 Å². The van der Waals surface area contributed by atoms with Gasteiger partial charge in [0.05, 0.1) is 10.7 Å². The molecule has 1 aliphatic heterocycles. The van der Waals surface area contributed by atoms with E-state index in [1.165, 1.54) is 11.6 Å². The maximum Gasteiger partial charge on any atom is 0.152 e. The quantitative estimate of drug-likeness (QED) is 0.803. The minimum absolute atomic E-state index is 0.0865. The Balaban J connectivity index is 1.91. The van der Waals surface area contributed by atoms with Crippen LogP contribution in [0.1, 0.15) is 36.3 Å². The molecule has 4 rings (SSSR count). The van der Waals surface area contributed by atoms with Crippen molar-refractivity contribution in [1.82, 2.24) is 10.2 Å². The summed E-state index contributed by atoms with van der Waals surface area (Å²) >= 11 is 3.28. The van der Waals surface area contributed by atoms with Crippen LogP contribution in [0.15, 0.2) is 45.5 Å². The van der Waals surface area contributed by atoms with Crippen molar-refractivity contribution in [2.45, 2.75) is 25.2 Å². The number of aromatic nitrogens is 2. The number of nitrogens with one attached hydrogen (secondary N) is 1. The highest BCUT2D eigenvalue weighted by atomic mass is 79.9. The van der Waals surface area contributed by atoms with Crippen molar-refractivity contribution in [1.29, 1.82) is 0 Å². The lowest BCUT2D eigenvalue weighted by Gasteiger charge is -2.28. The smallest absolute Gasteiger partial charge is 0.152 e. The summed E-state index contributed by atoms with van der Waals surface area (Å²) in [4.78, 5) is 4.69. The Hall–Kier alpha value is -1.75. The maximum absolute atomic E-state index is 13.5. The monoisotopic (exact) mass is 345 g/mol. The summed E-state index contributed by atoms with van der Waals surface area (Å²) in [5.41, 5.74) is 4.49. The van der Waals surface area contributed by atoms with Crippen molar-refractivity contribution in [3.05, 3.63) is 57.5 Å². The van der Waals surface area contributed by atoms with Gasteiger partial charge >= 0.3 is 0 Å². The average molecular weight is 346 g/mol. The lowest BCUT2D eigenvalue weighted by Crippen LogP contribution is -2.19. The topological polar surface area (TPSA) is 41.0 Å². The zero-order valence-corrected chi connectivity index (χ0v) is 12.8. The van der Waals surface area contributed by atoms with Crippen LogP contribution in [0.2, 0.25) is 0 Å². The van der Waals surface area contributed by atoms with Crippen LogP contribution >= 0.6 is 15.9 Å². The summed E-state index contributed by atoms with van der Waals surface area (Å²) < 4.78 is 14.0. The van der Waals surface area contributed by atoms with Crippen molar-refractivity contribution in [3.63, 3.8) is 0 Å². The van der Waals surface area contributed by atoms with Crippen LogP contribution in [-0.2, 0) is 0 Å². The Labute approximate surface area is 130 Å². The van der Waals surface area contributed by atoms with Crippen LogP contribution in [0, 0.1) is 5.82 Å². The number of aliphatic imine (C=N–C) groups is 1. The van der Waals surface area contributed by atoms with Gasteiger partial charge in [0.25, 0.3) is 0 Å². The highest BCUT2D eigenvalue weighted by Gasteiger charge is 2.31. The summed E-state index contributed by atoms with van der Waals surface area (Å²) in [6.45, 7) is 0. The Kier molecular flexibility index (Phi) is 3.03. The number of allylic oxidation sites excluding steroid dienone is 2. The standard InChI is InChI=1S/C16H13BrFN3/c17-12-7-9(5-6-13(12)18)15-10-3-1-2-4-14(10)20-16-11(15)8-19-21-16/h3,5-8,15H,1-2,4H2,(H,19,21). The minimum Gasteiger partial charge on any atom is -0.261 e. The van der Waals surface area contributed by atoms with Gasteiger partial charge in [0.2, 0.25) is 0 Å². The molecule has 0 spiro atoms. The first-order valence-electron chi connectivity index (χ1n) is 7.00. The van der Waals surface area contributed by atoms with E-state index in [1.54, 1.807) is 0 Å². The predicted molar refractivity (Wildman–Crippen MR) is 83.6 cm³/mol. The highest BCUT2D eigenvalue weighted by Crippen LogP contribution is 2.43. The number of aromatic amines is 1. The lowest BCUT2D eigenvalue weighted by molar-refractivity contribution is 0.620. The SMILES string of the molecule is Fc1ccc(C2C3=CCCCC3=Nc3[nH]ncc32)cc1Br. The van der Waals surface area contributed by atoms with Gasteiger partial charge in [0.1, 0.15) is 5.82 Å². The van der Waals surface area contributed by atoms with Gasteiger partial charge < -0.3 is 0 Å². The van der Waals surface area contributed by atoms with Crippen molar-refractivity contribution in [2.75, 3.05) is 0 Å². The van der Waals surface area contributed by atoms with Crippen LogP contribution < -0.4 is 0 Å². The molecule has 1 atom stereocenters. The van der Waals surface area contributed by atoms with E-state index in [1.807, 2.05) is 18.3 Å². The van der Waals surface area contributed by atoms with Crippen molar-refractivity contribution < 1.29 is 4.39 Å². The third kappa shape index (κ3) is 2.07. The largest absolute Gasteiger partial charge is 0.261 e. The van der Waals surface area contributed by atoms with Crippen LogP contribution in [0.4, 0.5) is 10.2 Å². The molecule has 1 N–H and O–H groups in total. The van der Waals surface area contributed by atoms with Gasteiger partial charge in [-0.3, -0.25) is 5.10 Å². The van der Waals surface area contributed by atoms with E-state index in [-0.39, 0.29) is 11.7 Å². The molecular formula is C16H13BrFN3. The van der Waals surface area contributed by atoms with Crippen molar-refractivity contribution in [3.8, 4) is 0 Å². The van der Waals surface area contributed by atoms with E-state index >= 15 is 0 Å². The molecule has 2 aromatic rings. The zero-order valence-electron chi connectivity index (χ0n) is 11.2. The van der Waals surface area contributed by atoms with Crippen molar-refractivity contribution in [2.24, 2.45) is 4.99 Å². The Morgan fingerprint density at radius 1 is 1.33 bits per heavy atom. The number of hydrogen-bond acceptors (Lipinski definition) is 2. The Morgan fingerprint density at radius 3 is 3.10 bits per heavy atom. The molecule has 2 heterocycles. The molecule has 1 aromatic heterocycles.